The van der Waals surface area contributed by atoms with Crippen LogP contribution in [0.1, 0.15) is 34.3 Å². The Morgan fingerprint density at radius 1 is 0.927 bits per heavy atom. The van der Waals surface area contributed by atoms with Crippen LogP contribution in [0.15, 0.2) is 59.8 Å². The number of hydrogen-bond acceptors (Lipinski definition) is 7. The number of rotatable bonds is 9. The van der Waals surface area contributed by atoms with Gasteiger partial charge in [-0.2, -0.15) is 13.2 Å². The molecule has 2 saturated heterocycles. The summed E-state index contributed by atoms with van der Waals surface area (Å²) in [5.41, 5.74) is 1.57. The summed E-state index contributed by atoms with van der Waals surface area (Å²) in [6.45, 7) is 6.05. The van der Waals surface area contributed by atoms with Crippen molar-refractivity contribution in [1.29, 1.82) is 0 Å². The molecule has 0 bridgehead atoms. The Hall–Kier alpha value is -3.02. The summed E-state index contributed by atoms with van der Waals surface area (Å²) < 4.78 is 39.4. The molecule has 0 atom stereocenters. The van der Waals surface area contributed by atoms with Crippen molar-refractivity contribution in [3.05, 3.63) is 76.4 Å². The Bertz CT molecular complexity index is 1330. The number of likely N-dealkylation sites (tertiary alicyclic amines) is 1. The number of hydrogen-bond donors (Lipinski definition) is 1. The Labute approximate surface area is 247 Å². The van der Waals surface area contributed by atoms with Crippen molar-refractivity contribution in [2.24, 2.45) is 0 Å². The molecule has 2 aromatic carbocycles. The molecular formula is C29H32ClF3N6OS. The first-order valence-corrected chi connectivity index (χ1v) is 15.0. The molecule has 218 valence electrons. The number of nitrogens with zero attached hydrogens (tertiary/aromatic N) is 5. The molecule has 1 amide bonds. The van der Waals surface area contributed by atoms with Crippen LogP contribution in [0.3, 0.4) is 0 Å². The van der Waals surface area contributed by atoms with Gasteiger partial charge in [-0.15, -0.1) is 0 Å². The minimum atomic E-state index is -4.37. The monoisotopic (exact) mass is 604 g/mol. The fraction of sp³-hybridized carbons (Fsp3) is 0.414. The lowest BCUT2D eigenvalue weighted by atomic mass is 10.1. The zero-order valence-electron chi connectivity index (χ0n) is 22.5. The largest absolute Gasteiger partial charge is 0.416 e. The highest BCUT2D eigenvalue weighted by Gasteiger charge is 2.31. The Kier molecular flexibility index (Phi) is 9.57. The van der Waals surface area contributed by atoms with E-state index in [1.165, 1.54) is 36.7 Å². The second kappa shape index (κ2) is 13.3. The maximum atomic E-state index is 13.1. The van der Waals surface area contributed by atoms with Gasteiger partial charge in [0.15, 0.2) is 5.16 Å². The van der Waals surface area contributed by atoms with E-state index in [9.17, 15) is 18.0 Å². The zero-order chi connectivity index (χ0) is 28.8. The number of alkyl halides is 3. The molecule has 2 aliphatic rings. The maximum Gasteiger partial charge on any atom is 0.416 e. The van der Waals surface area contributed by atoms with Gasteiger partial charge in [-0.1, -0.05) is 41.6 Å². The van der Waals surface area contributed by atoms with E-state index in [1.54, 1.807) is 12.1 Å². The van der Waals surface area contributed by atoms with Gasteiger partial charge >= 0.3 is 6.18 Å². The van der Waals surface area contributed by atoms with E-state index in [0.717, 1.165) is 31.3 Å². The molecule has 0 spiro atoms. The summed E-state index contributed by atoms with van der Waals surface area (Å²) in [5, 5.41) is 3.86. The summed E-state index contributed by atoms with van der Waals surface area (Å²) in [4.78, 5) is 27.9. The molecule has 2 fully saturated rings. The second-order valence-corrected chi connectivity index (χ2v) is 11.5. The first kappa shape index (κ1) is 29.5. The van der Waals surface area contributed by atoms with Gasteiger partial charge in [0, 0.05) is 62.3 Å². The van der Waals surface area contributed by atoms with Crippen molar-refractivity contribution in [1.82, 2.24) is 20.2 Å². The molecule has 0 saturated carbocycles. The molecule has 5 rings (SSSR count). The van der Waals surface area contributed by atoms with Crippen LogP contribution in [0, 0.1) is 0 Å². The number of anilines is 2. The molecule has 0 radical (unpaired) electrons. The third-order valence-electron chi connectivity index (χ3n) is 7.30. The molecule has 3 aromatic rings. The van der Waals surface area contributed by atoms with Crippen LogP contribution in [0.25, 0.3) is 0 Å². The van der Waals surface area contributed by atoms with Gasteiger partial charge in [-0.3, -0.25) is 4.79 Å². The normalized spacial score (nSPS) is 16.3. The fourth-order valence-electron chi connectivity index (χ4n) is 5.02. The van der Waals surface area contributed by atoms with Crippen LogP contribution >= 0.6 is 23.4 Å². The third-order valence-corrected chi connectivity index (χ3v) is 8.41. The highest BCUT2D eigenvalue weighted by atomic mass is 35.5. The van der Waals surface area contributed by atoms with Gasteiger partial charge in [0.1, 0.15) is 11.0 Å². The van der Waals surface area contributed by atoms with Gasteiger partial charge in [-0.25, -0.2) is 9.97 Å². The first-order valence-electron chi connectivity index (χ1n) is 13.7. The lowest BCUT2D eigenvalue weighted by molar-refractivity contribution is -0.137. The maximum absolute atomic E-state index is 13.1. The molecule has 2 aliphatic heterocycles. The molecule has 0 aliphatic carbocycles. The highest BCUT2D eigenvalue weighted by molar-refractivity contribution is 7.98. The van der Waals surface area contributed by atoms with Crippen molar-refractivity contribution in [2.75, 3.05) is 62.2 Å². The van der Waals surface area contributed by atoms with Gasteiger partial charge in [0.25, 0.3) is 5.91 Å². The van der Waals surface area contributed by atoms with Crippen molar-refractivity contribution < 1.29 is 18.0 Å². The van der Waals surface area contributed by atoms with Gasteiger partial charge in [0.05, 0.1) is 5.56 Å². The number of amides is 1. The van der Waals surface area contributed by atoms with Crippen molar-refractivity contribution in [3.8, 4) is 0 Å². The molecule has 1 N–H and O–H groups in total. The Morgan fingerprint density at radius 2 is 1.63 bits per heavy atom. The van der Waals surface area contributed by atoms with E-state index >= 15 is 0 Å². The Morgan fingerprint density at radius 3 is 2.34 bits per heavy atom. The van der Waals surface area contributed by atoms with E-state index in [4.69, 9.17) is 11.6 Å². The average molecular weight is 605 g/mol. The van der Waals surface area contributed by atoms with Crippen LogP contribution < -0.4 is 15.1 Å². The molecule has 41 heavy (non-hydrogen) atoms. The van der Waals surface area contributed by atoms with E-state index in [1.807, 2.05) is 29.2 Å². The number of halogens is 4. The van der Waals surface area contributed by atoms with E-state index < -0.39 is 11.7 Å². The lowest BCUT2D eigenvalue weighted by Gasteiger charge is -2.37. The third kappa shape index (κ3) is 8.05. The molecule has 0 unspecified atom stereocenters. The predicted octanol–water partition coefficient (Wildman–Crippen LogP) is 5.59. The minimum absolute atomic E-state index is 0.0700. The summed E-state index contributed by atoms with van der Waals surface area (Å²) >= 11 is 7.77. The summed E-state index contributed by atoms with van der Waals surface area (Å²) in [6.07, 6.45) is -1.90. The van der Waals surface area contributed by atoms with Gasteiger partial charge in [0.2, 0.25) is 0 Å². The summed E-state index contributed by atoms with van der Waals surface area (Å²) in [5.74, 6) is 1.23. The fourth-order valence-corrected chi connectivity index (χ4v) is 6.06. The van der Waals surface area contributed by atoms with E-state index in [-0.39, 0.29) is 5.91 Å². The predicted molar refractivity (Wildman–Crippen MR) is 157 cm³/mol. The number of carbonyl (C=O) groups is 1. The topological polar surface area (TPSA) is 64.6 Å². The lowest BCUT2D eigenvalue weighted by Crippen LogP contribution is -2.47. The van der Waals surface area contributed by atoms with Crippen molar-refractivity contribution in [3.63, 3.8) is 0 Å². The summed E-state index contributed by atoms with van der Waals surface area (Å²) in [7, 11) is 0. The molecule has 7 nitrogen and oxygen atoms in total. The van der Waals surface area contributed by atoms with E-state index in [0.29, 0.717) is 65.9 Å². The van der Waals surface area contributed by atoms with Crippen LogP contribution in [-0.2, 0) is 11.9 Å². The molecule has 1 aromatic heterocycles. The molecule has 3 heterocycles. The van der Waals surface area contributed by atoms with Gasteiger partial charge in [-0.05, 0) is 61.8 Å². The molecule has 12 heteroatoms. The zero-order valence-corrected chi connectivity index (χ0v) is 24.1. The average Bonchev–Trinajstić information content (AvgIpc) is 3.49. The van der Waals surface area contributed by atoms with Crippen molar-refractivity contribution >= 4 is 40.8 Å². The van der Waals surface area contributed by atoms with E-state index in [2.05, 4.69) is 25.1 Å². The number of thioether (sulfide) groups is 1. The second-order valence-electron chi connectivity index (χ2n) is 10.1. The van der Waals surface area contributed by atoms with Gasteiger partial charge < -0.3 is 20.0 Å². The standard InChI is InChI=1S/C29H32ClF3N6OS/c30-25-19-26(39-16-14-38(15-17-39)24-5-3-4-23(18-24)29(31,32)33)36-28(35-25)41-20-21-6-8-22(9-7-21)27(40)34-10-13-37-11-1-2-12-37/h3-9,18-19H,1-2,10-17,20H2,(H,34,40). The quantitative estimate of drug-likeness (QED) is 0.194. The number of nitrogens with one attached hydrogen (secondary N) is 1. The van der Waals surface area contributed by atoms with Crippen LogP contribution in [0.2, 0.25) is 5.15 Å². The SMILES string of the molecule is O=C(NCCN1CCCC1)c1ccc(CSc2nc(Cl)cc(N3CCN(c4cccc(C(F)(F)F)c4)CC3)n2)cc1. The number of carbonyl (C=O) groups excluding carboxylic acids is 1. The minimum Gasteiger partial charge on any atom is -0.368 e. The number of benzene rings is 2. The first-order chi connectivity index (χ1) is 19.7. The van der Waals surface area contributed by atoms with Crippen molar-refractivity contribution in [2.45, 2.75) is 29.9 Å². The smallest absolute Gasteiger partial charge is 0.368 e. The van der Waals surface area contributed by atoms with Crippen LogP contribution in [0.4, 0.5) is 24.7 Å². The highest BCUT2D eigenvalue weighted by Crippen LogP contribution is 2.32. The number of piperazine rings is 1. The van der Waals surface area contributed by atoms with Crippen LogP contribution in [-0.4, -0.2) is 73.1 Å². The summed E-state index contributed by atoms with van der Waals surface area (Å²) in [6, 6.07) is 14.7. The Balaban J connectivity index is 1.12. The van der Waals surface area contributed by atoms with Crippen LogP contribution in [0.5, 0.6) is 0 Å². The number of aromatic nitrogens is 2. The molecular weight excluding hydrogens is 573 g/mol.